The molecule has 2 aromatic carbocycles. The predicted octanol–water partition coefficient (Wildman–Crippen LogP) is 6.41. The summed E-state index contributed by atoms with van der Waals surface area (Å²) in [5, 5.41) is 2.94. The van der Waals surface area contributed by atoms with Gasteiger partial charge in [0.15, 0.2) is 0 Å². The SMILES string of the molecule is CC.CC.CC.c1cc2c3c(cccc3c1)CCC2. The maximum atomic E-state index is 2.27. The summed E-state index contributed by atoms with van der Waals surface area (Å²) in [6.45, 7) is 12.0. The maximum Gasteiger partial charge on any atom is -0.0120 e. The van der Waals surface area contributed by atoms with Crippen LogP contribution in [-0.4, -0.2) is 0 Å². The van der Waals surface area contributed by atoms with E-state index in [1.807, 2.05) is 41.5 Å². The minimum atomic E-state index is 1.26. The lowest BCUT2D eigenvalue weighted by Gasteiger charge is -2.16. The van der Waals surface area contributed by atoms with Gasteiger partial charge < -0.3 is 0 Å². The van der Waals surface area contributed by atoms with Crippen LogP contribution >= 0.6 is 0 Å². The first kappa shape index (κ1) is 17.7. The first-order valence-electron chi connectivity index (χ1n) is 7.95. The standard InChI is InChI=1S/C13H12.3C2H6/c1-4-10-6-2-8-12-9-3-7-11(5-1)13(10)12;3*1-2/h1-2,4-6,8H,3,7,9H2;3*1-2H3. The van der Waals surface area contributed by atoms with E-state index in [4.69, 9.17) is 0 Å². The van der Waals surface area contributed by atoms with Gasteiger partial charge in [-0.25, -0.2) is 0 Å². The van der Waals surface area contributed by atoms with Gasteiger partial charge in [-0.3, -0.25) is 0 Å². The van der Waals surface area contributed by atoms with Gasteiger partial charge in [-0.1, -0.05) is 77.9 Å². The van der Waals surface area contributed by atoms with E-state index in [9.17, 15) is 0 Å². The van der Waals surface area contributed by atoms with Gasteiger partial charge in [-0.2, -0.15) is 0 Å². The summed E-state index contributed by atoms with van der Waals surface area (Å²) in [6, 6.07) is 13.3. The Hall–Kier alpha value is -1.30. The zero-order chi connectivity index (χ0) is 14.7. The second kappa shape index (κ2) is 10.6. The third-order valence-corrected chi connectivity index (χ3v) is 2.97. The van der Waals surface area contributed by atoms with Crippen molar-refractivity contribution in [1.82, 2.24) is 0 Å². The van der Waals surface area contributed by atoms with Crippen molar-refractivity contribution in [2.45, 2.75) is 60.8 Å². The van der Waals surface area contributed by atoms with Crippen molar-refractivity contribution in [1.29, 1.82) is 0 Å². The van der Waals surface area contributed by atoms with Gasteiger partial charge in [-0.05, 0) is 41.2 Å². The molecule has 0 aliphatic heterocycles. The predicted molar refractivity (Wildman–Crippen MR) is 90.0 cm³/mol. The molecule has 3 rings (SSSR count). The molecule has 0 saturated heterocycles. The molecule has 0 N–H and O–H groups in total. The first-order valence-corrected chi connectivity index (χ1v) is 7.95. The molecule has 2 aromatic rings. The molecule has 0 spiro atoms. The van der Waals surface area contributed by atoms with E-state index >= 15 is 0 Å². The van der Waals surface area contributed by atoms with Crippen molar-refractivity contribution in [2.24, 2.45) is 0 Å². The van der Waals surface area contributed by atoms with Crippen molar-refractivity contribution in [2.75, 3.05) is 0 Å². The summed E-state index contributed by atoms with van der Waals surface area (Å²) >= 11 is 0. The van der Waals surface area contributed by atoms with Gasteiger partial charge >= 0.3 is 0 Å². The maximum absolute atomic E-state index is 2.27. The van der Waals surface area contributed by atoms with Crippen LogP contribution in [-0.2, 0) is 12.8 Å². The number of hydrogen-bond acceptors (Lipinski definition) is 0. The van der Waals surface area contributed by atoms with Crippen LogP contribution in [0.15, 0.2) is 36.4 Å². The van der Waals surface area contributed by atoms with Crippen molar-refractivity contribution >= 4 is 10.8 Å². The van der Waals surface area contributed by atoms with E-state index < -0.39 is 0 Å². The zero-order valence-electron chi connectivity index (χ0n) is 13.6. The average molecular weight is 258 g/mol. The van der Waals surface area contributed by atoms with Crippen LogP contribution in [0.3, 0.4) is 0 Å². The molecule has 1 aliphatic carbocycles. The molecule has 0 bridgehead atoms. The van der Waals surface area contributed by atoms with Crippen LogP contribution in [0.4, 0.5) is 0 Å². The Morgan fingerprint density at radius 1 is 0.632 bits per heavy atom. The number of hydrogen-bond donors (Lipinski definition) is 0. The minimum Gasteiger partial charge on any atom is -0.0683 e. The smallest absolute Gasteiger partial charge is 0.0120 e. The van der Waals surface area contributed by atoms with Crippen molar-refractivity contribution in [3.63, 3.8) is 0 Å². The van der Waals surface area contributed by atoms with E-state index in [0.29, 0.717) is 0 Å². The second-order valence-corrected chi connectivity index (χ2v) is 3.79. The molecular weight excluding hydrogens is 228 g/mol. The summed E-state index contributed by atoms with van der Waals surface area (Å²) in [4.78, 5) is 0. The van der Waals surface area contributed by atoms with Crippen LogP contribution in [0.1, 0.15) is 59.1 Å². The third kappa shape index (κ3) is 4.38. The highest BCUT2D eigenvalue weighted by Gasteiger charge is 2.10. The Kier molecular flexibility index (Phi) is 9.88. The number of rotatable bonds is 0. The van der Waals surface area contributed by atoms with Crippen molar-refractivity contribution in [3.8, 4) is 0 Å². The third-order valence-electron chi connectivity index (χ3n) is 2.97. The normalized spacial score (nSPS) is 11.1. The molecule has 0 amide bonds. The van der Waals surface area contributed by atoms with Gasteiger partial charge in [-0.15, -0.1) is 0 Å². The molecule has 0 fully saturated rings. The molecule has 19 heavy (non-hydrogen) atoms. The van der Waals surface area contributed by atoms with Crippen LogP contribution < -0.4 is 0 Å². The first-order chi connectivity index (χ1) is 9.45. The Balaban J connectivity index is 0.000000482. The lowest BCUT2D eigenvalue weighted by atomic mass is 9.89. The molecule has 0 saturated carbocycles. The van der Waals surface area contributed by atoms with E-state index in [-0.39, 0.29) is 0 Å². The monoisotopic (exact) mass is 258 g/mol. The van der Waals surface area contributed by atoms with Crippen molar-refractivity contribution < 1.29 is 0 Å². The topological polar surface area (TPSA) is 0 Å². The van der Waals surface area contributed by atoms with Crippen LogP contribution in [0, 0.1) is 0 Å². The van der Waals surface area contributed by atoms with Crippen LogP contribution in [0.25, 0.3) is 10.8 Å². The minimum absolute atomic E-state index is 1.26. The molecule has 106 valence electrons. The average Bonchev–Trinajstić information content (AvgIpc) is 2.54. The van der Waals surface area contributed by atoms with E-state index in [0.717, 1.165) is 0 Å². The molecule has 0 heteroatoms. The lowest BCUT2D eigenvalue weighted by Crippen LogP contribution is -2.00. The largest absolute Gasteiger partial charge is 0.0683 e. The fourth-order valence-corrected chi connectivity index (χ4v) is 2.39. The van der Waals surface area contributed by atoms with Crippen molar-refractivity contribution in [3.05, 3.63) is 47.5 Å². The quantitative estimate of drug-likeness (QED) is 0.512. The Bertz CT molecular complexity index is 416. The van der Waals surface area contributed by atoms with E-state index in [2.05, 4.69) is 36.4 Å². The molecular formula is C19H30. The van der Waals surface area contributed by atoms with Gasteiger partial charge in [0.1, 0.15) is 0 Å². The summed E-state index contributed by atoms with van der Waals surface area (Å²) in [7, 11) is 0. The molecule has 0 unspecified atom stereocenters. The number of aryl methyl sites for hydroxylation is 2. The highest BCUT2D eigenvalue weighted by molar-refractivity contribution is 5.89. The summed E-state index contributed by atoms with van der Waals surface area (Å²) in [5.74, 6) is 0. The molecule has 0 nitrogen and oxygen atoms in total. The Labute approximate surface area is 119 Å². The highest BCUT2D eigenvalue weighted by atomic mass is 14.1. The zero-order valence-corrected chi connectivity index (χ0v) is 13.6. The van der Waals surface area contributed by atoms with E-state index in [1.165, 1.54) is 30.0 Å². The fourth-order valence-electron chi connectivity index (χ4n) is 2.39. The summed E-state index contributed by atoms with van der Waals surface area (Å²) in [5.41, 5.74) is 3.08. The van der Waals surface area contributed by atoms with Gasteiger partial charge in [0.05, 0.1) is 0 Å². The van der Waals surface area contributed by atoms with Gasteiger partial charge in [0, 0.05) is 0 Å². The molecule has 0 atom stereocenters. The van der Waals surface area contributed by atoms with Crippen LogP contribution in [0.2, 0.25) is 0 Å². The Morgan fingerprint density at radius 3 is 1.47 bits per heavy atom. The molecule has 0 aromatic heterocycles. The second-order valence-electron chi connectivity index (χ2n) is 3.79. The summed E-state index contributed by atoms with van der Waals surface area (Å²) in [6.07, 6.45) is 3.83. The summed E-state index contributed by atoms with van der Waals surface area (Å²) < 4.78 is 0. The number of benzene rings is 2. The van der Waals surface area contributed by atoms with Gasteiger partial charge in [0.2, 0.25) is 0 Å². The van der Waals surface area contributed by atoms with E-state index in [1.54, 1.807) is 11.1 Å². The lowest BCUT2D eigenvalue weighted by molar-refractivity contribution is 0.808. The molecule has 0 radical (unpaired) electrons. The van der Waals surface area contributed by atoms with Gasteiger partial charge in [0.25, 0.3) is 0 Å². The highest BCUT2D eigenvalue weighted by Crippen LogP contribution is 2.29. The molecule has 0 heterocycles. The Morgan fingerprint density at radius 2 is 1.05 bits per heavy atom. The molecule has 1 aliphatic rings. The fraction of sp³-hybridized carbons (Fsp3) is 0.474. The van der Waals surface area contributed by atoms with Crippen LogP contribution in [0.5, 0.6) is 0 Å².